The maximum atomic E-state index is 11.8. The first-order valence-electron chi connectivity index (χ1n) is 4.61. The summed E-state index contributed by atoms with van der Waals surface area (Å²) in [5.74, 6) is 0. The monoisotopic (exact) mass is 207 g/mol. The molecule has 0 saturated carbocycles. The summed E-state index contributed by atoms with van der Waals surface area (Å²) < 4.78 is 2.92. The van der Waals surface area contributed by atoms with E-state index in [1.165, 1.54) is 11.3 Å². The van der Waals surface area contributed by atoms with Crippen LogP contribution in [0.25, 0.3) is 10.2 Å². The Morgan fingerprint density at radius 1 is 1.21 bits per heavy atom. The summed E-state index contributed by atoms with van der Waals surface area (Å²) in [6.07, 6.45) is 0. The number of nitrogens with zero attached hydrogens (tertiary/aromatic N) is 1. The summed E-state index contributed by atoms with van der Waals surface area (Å²) in [6.45, 7) is 6.15. The van der Waals surface area contributed by atoms with Gasteiger partial charge in [0.2, 0.25) is 0 Å². The second-order valence-electron chi connectivity index (χ2n) is 4.34. The fourth-order valence-electron chi connectivity index (χ4n) is 1.60. The molecule has 0 radical (unpaired) electrons. The molecule has 0 unspecified atom stereocenters. The first-order chi connectivity index (χ1) is 6.50. The summed E-state index contributed by atoms with van der Waals surface area (Å²) in [6, 6.07) is 7.92. The van der Waals surface area contributed by atoms with Crippen LogP contribution in [-0.2, 0) is 5.54 Å². The lowest BCUT2D eigenvalue weighted by atomic mass is 10.1. The lowest BCUT2D eigenvalue weighted by molar-refractivity contribution is 0.404. The molecule has 2 rings (SSSR count). The van der Waals surface area contributed by atoms with E-state index in [9.17, 15) is 4.79 Å². The minimum absolute atomic E-state index is 0.124. The van der Waals surface area contributed by atoms with Crippen LogP contribution in [0.3, 0.4) is 0 Å². The first-order valence-corrected chi connectivity index (χ1v) is 5.43. The van der Waals surface area contributed by atoms with Crippen LogP contribution in [0.15, 0.2) is 29.1 Å². The Kier molecular flexibility index (Phi) is 2.00. The Bertz CT molecular complexity index is 516. The average molecular weight is 207 g/mol. The van der Waals surface area contributed by atoms with Crippen molar-refractivity contribution in [1.29, 1.82) is 0 Å². The molecule has 0 bridgehead atoms. The van der Waals surface area contributed by atoms with E-state index in [2.05, 4.69) is 0 Å². The lowest BCUT2D eigenvalue weighted by Gasteiger charge is -2.20. The second-order valence-corrected chi connectivity index (χ2v) is 5.34. The molecular weight excluding hydrogens is 194 g/mol. The van der Waals surface area contributed by atoms with Gasteiger partial charge in [-0.25, -0.2) is 0 Å². The molecule has 2 nitrogen and oxygen atoms in total. The molecule has 0 saturated heterocycles. The third kappa shape index (κ3) is 1.38. The second kappa shape index (κ2) is 2.95. The van der Waals surface area contributed by atoms with Crippen molar-refractivity contribution in [3.05, 3.63) is 33.9 Å². The van der Waals surface area contributed by atoms with E-state index in [0.717, 1.165) is 10.2 Å². The highest BCUT2D eigenvalue weighted by molar-refractivity contribution is 7.16. The van der Waals surface area contributed by atoms with Crippen LogP contribution in [0, 0.1) is 0 Å². The molecular formula is C11H13NOS. The minimum atomic E-state index is -0.142. The smallest absolute Gasteiger partial charge is 0.293 e. The Morgan fingerprint density at radius 3 is 2.50 bits per heavy atom. The number of hydrogen-bond donors (Lipinski definition) is 0. The maximum Gasteiger partial charge on any atom is 0.308 e. The van der Waals surface area contributed by atoms with Gasteiger partial charge in [0.1, 0.15) is 0 Å². The number of aromatic nitrogens is 1. The van der Waals surface area contributed by atoms with E-state index < -0.39 is 0 Å². The van der Waals surface area contributed by atoms with Gasteiger partial charge < -0.3 is 0 Å². The third-order valence-electron chi connectivity index (χ3n) is 2.16. The SMILES string of the molecule is CC(C)(C)n1c(=O)sc2ccccc21. The van der Waals surface area contributed by atoms with Gasteiger partial charge in [-0.2, -0.15) is 0 Å². The molecule has 0 aliphatic heterocycles. The van der Waals surface area contributed by atoms with Gasteiger partial charge in [0, 0.05) is 5.54 Å². The van der Waals surface area contributed by atoms with E-state index >= 15 is 0 Å². The predicted molar refractivity (Wildman–Crippen MR) is 61.1 cm³/mol. The minimum Gasteiger partial charge on any atom is -0.293 e. The number of fused-ring (bicyclic) bond motifs is 1. The molecule has 1 heterocycles. The van der Waals surface area contributed by atoms with Gasteiger partial charge in [0.25, 0.3) is 0 Å². The summed E-state index contributed by atoms with van der Waals surface area (Å²) in [5, 5.41) is 0. The number of hydrogen-bond acceptors (Lipinski definition) is 2. The maximum absolute atomic E-state index is 11.8. The number of para-hydroxylation sites is 1. The van der Waals surface area contributed by atoms with Gasteiger partial charge in [-0.05, 0) is 32.9 Å². The zero-order valence-electron chi connectivity index (χ0n) is 8.57. The molecule has 14 heavy (non-hydrogen) atoms. The zero-order valence-corrected chi connectivity index (χ0v) is 9.39. The molecule has 0 aliphatic carbocycles. The summed E-state index contributed by atoms with van der Waals surface area (Å²) in [7, 11) is 0. The molecule has 74 valence electrons. The van der Waals surface area contributed by atoms with Gasteiger partial charge in [0.05, 0.1) is 10.2 Å². The highest BCUT2D eigenvalue weighted by atomic mass is 32.1. The topological polar surface area (TPSA) is 22.0 Å². The van der Waals surface area contributed by atoms with Crippen LogP contribution in [-0.4, -0.2) is 4.57 Å². The molecule has 1 aromatic heterocycles. The van der Waals surface area contributed by atoms with Crippen molar-refractivity contribution in [2.24, 2.45) is 0 Å². The summed E-state index contributed by atoms with van der Waals surface area (Å²) >= 11 is 1.31. The van der Waals surface area contributed by atoms with E-state index in [4.69, 9.17) is 0 Å². The van der Waals surface area contributed by atoms with Gasteiger partial charge in [-0.3, -0.25) is 9.36 Å². The van der Waals surface area contributed by atoms with Crippen LogP contribution in [0.5, 0.6) is 0 Å². The summed E-state index contributed by atoms with van der Waals surface area (Å²) in [4.78, 5) is 11.9. The highest BCUT2D eigenvalue weighted by Gasteiger charge is 2.18. The fraction of sp³-hybridized carbons (Fsp3) is 0.364. The lowest BCUT2D eigenvalue weighted by Crippen LogP contribution is -2.29. The molecule has 0 atom stereocenters. The third-order valence-corrected chi connectivity index (χ3v) is 3.08. The van der Waals surface area contributed by atoms with Crippen LogP contribution < -0.4 is 4.87 Å². The van der Waals surface area contributed by atoms with E-state index in [1.807, 2.05) is 49.6 Å². The van der Waals surface area contributed by atoms with Crippen molar-refractivity contribution >= 4 is 21.6 Å². The number of rotatable bonds is 0. The van der Waals surface area contributed by atoms with Crippen molar-refractivity contribution in [1.82, 2.24) is 4.57 Å². The van der Waals surface area contributed by atoms with Crippen molar-refractivity contribution < 1.29 is 0 Å². The van der Waals surface area contributed by atoms with E-state index in [1.54, 1.807) is 0 Å². The van der Waals surface area contributed by atoms with Gasteiger partial charge in [-0.1, -0.05) is 23.5 Å². The quantitative estimate of drug-likeness (QED) is 0.651. The molecule has 2 aromatic rings. The average Bonchev–Trinajstić information content (AvgIpc) is 2.38. The molecule has 0 aliphatic rings. The van der Waals surface area contributed by atoms with Crippen molar-refractivity contribution in [2.75, 3.05) is 0 Å². The van der Waals surface area contributed by atoms with E-state index in [-0.39, 0.29) is 10.4 Å². The Labute approximate surface area is 86.8 Å². The van der Waals surface area contributed by atoms with E-state index in [0.29, 0.717) is 0 Å². The van der Waals surface area contributed by atoms with Crippen LogP contribution in [0.2, 0.25) is 0 Å². The largest absolute Gasteiger partial charge is 0.308 e. The first kappa shape index (κ1) is 9.46. The summed E-state index contributed by atoms with van der Waals surface area (Å²) in [5.41, 5.74) is 0.895. The standard InChI is InChI=1S/C11H13NOS/c1-11(2,3)12-8-6-4-5-7-9(8)14-10(12)13/h4-7H,1-3H3. The van der Waals surface area contributed by atoms with Gasteiger partial charge in [-0.15, -0.1) is 0 Å². The van der Waals surface area contributed by atoms with Crippen molar-refractivity contribution in [3.63, 3.8) is 0 Å². The van der Waals surface area contributed by atoms with Crippen molar-refractivity contribution in [2.45, 2.75) is 26.3 Å². The van der Waals surface area contributed by atoms with Crippen LogP contribution in [0.1, 0.15) is 20.8 Å². The highest BCUT2D eigenvalue weighted by Crippen LogP contribution is 2.22. The van der Waals surface area contributed by atoms with Crippen LogP contribution >= 0.6 is 11.3 Å². The Morgan fingerprint density at radius 2 is 1.86 bits per heavy atom. The number of thiazole rings is 1. The molecule has 0 amide bonds. The molecule has 0 N–H and O–H groups in total. The number of benzene rings is 1. The van der Waals surface area contributed by atoms with Gasteiger partial charge >= 0.3 is 4.87 Å². The molecule has 1 aromatic carbocycles. The zero-order chi connectivity index (χ0) is 10.3. The molecule has 0 fully saturated rings. The molecule has 0 spiro atoms. The fourth-order valence-corrected chi connectivity index (χ4v) is 2.66. The predicted octanol–water partition coefficient (Wildman–Crippen LogP) is 2.82. The molecule has 3 heteroatoms. The Hall–Kier alpha value is -1.09. The Balaban J connectivity index is 2.88. The normalized spacial score (nSPS) is 12.2. The van der Waals surface area contributed by atoms with Crippen molar-refractivity contribution in [3.8, 4) is 0 Å². The van der Waals surface area contributed by atoms with Crippen LogP contribution in [0.4, 0.5) is 0 Å². The van der Waals surface area contributed by atoms with Gasteiger partial charge in [0.15, 0.2) is 0 Å².